The van der Waals surface area contributed by atoms with E-state index in [2.05, 4.69) is 23.2 Å². The number of carbonyl (C=O) groups is 1. The summed E-state index contributed by atoms with van der Waals surface area (Å²) in [6, 6.07) is 6.15. The number of ether oxygens (including phenoxy) is 1. The summed E-state index contributed by atoms with van der Waals surface area (Å²) in [5.74, 6) is 0. The molecule has 2 aliphatic heterocycles. The summed E-state index contributed by atoms with van der Waals surface area (Å²) in [5.41, 5.74) is 3.32. The lowest BCUT2D eigenvalue weighted by Crippen LogP contribution is -2.33. The molecule has 5 heteroatoms. The van der Waals surface area contributed by atoms with Crippen LogP contribution in [-0.2, 0) is 4.74 Å². The molecule has 3 rings (SSSR count). The van der Waals surface area contributed by atoms with E-state index in [1.165, 1.54) is 31.4 Å². The molecule has 2 amide bonds. The number of hydrogen-bond donors (Lipinski definition) is 1. The van der Waals surface area contributed by atoms with Crippen LogP contribution in [-0.4, -0.2) is 50.3 Å². The highest BCUT2D eigenvalue weighted by Crippen LogP contribution is 2.29. The zero-order chi connectivity index (χ0) is 17.6. The highest BCUT2D eigenvalue weighted by molar-refractivity contribution is 5.91. The molecule has 1 aromatic rings. The van der Waals surface area contributed by atoms with Gasteiger partial charge in [-0.2, -0.15) is 0 Å². The van der Waals surface area contributed by atoms with E-state index in [4.69, 9.17) is 4.74 Å². The molecule has 0 aromatic heterocycles. The van der Waals surface area contributed by atoms with Gasteiger partial charge in [0.25, 0.3) is 0 Å². The average Bonchev–Trinajstić information content (AvgIpc) is 3.30. The van der Waals surface area contributed by atoms with Gasteiger partial charge in [-0.15, -0.1) is 0 Å². The zero-order valence-corrected chi connectivity index (χ0v) is 15.6. The standard InChI is InChI=1S/C20H31N3O2/c1-16-18(10-5-11-19(16)23-13-3-4-14-23)21-20(24)22(2)12-6-8-17-9-7-15-25-17/h5,10-11,17H,3-4,6-9,12-15H2,1-2H3,(H,21,24). The molecule has 138 valence electrons. The van der Waals surface area contributed by atoms with Gasteiger partial charge in [-0.25, -0.2) is 4.79 Å². The number of nitrogens with zero attached hydrogens (tertiary/aromatic N) is 2. The second-order valence-electron chi connectivity index (χ2n) is 7.27. The number of amides is 2. The number of urea groups is 1. The predicted molar refractivity (Wildman–Crippen MR) is 102 cm³/mol. The van der Waals surface area contributed by atoms with Gasteiger partial charge < -0.3 is 19.9 Å². The van der Waals surface area contributed by atoms with Crippen LogP contribution in [0.1, 0.15) is 44.1 Å². The van der Waals surface area contributed by atoms with Gasteiger partial charge in [-0.05, 0) is 63.1 Å². The summed E-state index contributed by atoms with van der Waals surface area (Å²) in [6.45, 7) is 5.98. The fourth-order valence-corrected chi connectivity index (χ4v) is 3.80. The van der Waals surface area contributed by atoms with Gasteiger partial charge in [-0.1, -0.05) is 6.07 Å². The molecule has 0 saturated carbocycles. The smallest absolute Gasteiger partial charge is 0.321 e. The predicted octanol–water partition coefficient (Wildman–Crippen LogP) is 4.02. The summed E-state index contributed by atoms with van der Waals surface area (Å²) in [7, 11) is 1.87. The number of nitrogens with one attached hydrogen (secondary N) is 1. The van der Waals surface area contributed by atoms with Crippen LogP contribution in [0.25, 0.3) is 0 Å². The molecule has 2 heterocycles. The Balaban J connectivity index is 1.52. The van der Waals surface area contributed by atoms with E-state index in [0.29, 0.717) is 6.10 Å². The zero-order valence-electron chi connectivity index (χ0n) is 15.6. The quantitative estimate of drug-likeness (QED) is 0.847. The van der Waals surface area contributed by atoms with Crippen molar-refractivity contribution in [1.82, 2.24) is 4.90 Å². The summed E-state index contributed by atoms with van der Waals surface area (Å²) < 4.78 is 5.64. The van der Waals surface area contributed by atoms with Crippen LogP contribution in [0.5, 0.6) is 0 Å². The van der Waals surface area contributed by atoms with Crippen molar-refractivity contribution < 1.29 is 9.53 Å². The Morgan fingerprint density at radius 3 is 2.84 bits per heavy atom. The number of rotatable bonds is 6. The lowest BCUT2D eigenvalue weighted by atomic mass is 10.1. The third kappa shape index (κ3) is 4.66. The molecule has 1 atom stereocenters. The molecule has 1 unspecified atom stereocenters. The summed E-state index contributed by atoms with van der Waals surface area (Å²) >= 11 is 0. The Hall–Kier alpha value is -1.75. The van der Waals surface area contributed by atoms with E-state index in [1.807, 2.05) is 19.2 Å². The van der Waals surface area contributed by atoms with E-state index in [0.717, 1.165) is 50.3 Å². The summed E-state index contributed by atoms with van der Waals surface area (Å²) in [4.78, 5) is 16.7. The van der Waals surface area contributed by atoms with E-state index < -0.39 is 0 Å². The van der Waals surface area contributed by atoms with Crippen LogP contribution < -0.4 is 10.2 Å². The Kier molecular flexibility index (Phi) is 6.19. The van der Waals surface area contributed by atoms with Crippen molar-refractivity contribution in [3.05, 3.63) is 23.8 Å². The maximum Gasteiger partial charge on any atom is 0.321 e. The first-order chi connectivity index (χ1) is 12.1. The number of benzene rings is 1. The normalized spacial score (nSPS) is 20.1. The van der Waals surface area contributed by atoms with Gasteiger partial charge in [0.2, 0.25) is 0 Å². The van der Waals surface area contributed by atoms with E-state index >= 15 is 0 Å². The number of carbonyl (C=O) groups excluding carboxylic acids is 1. The molecule has 2 fully saturated rings. The maximum atomic E-state index is 12.5. The Morgan fingerprint density at radius 1 is 1.32 bits per heavy atom. The molecule has 0 bridgehead atoms. The van der Waals surface area contributed by atoms with E-state index in [1.54, 1.807) is 4.90 Å². The van der Waals surface area contributed by atoms with Gasteiger partial charge in [0.05, 0.1) is 6.10 Å². The number of anilines is 2. The highest BCUT2D eigenvalue weighted by Gasteiger charge is 2.18. The van der Waals surface area contributed by atoms with Gasteiger partial charge in [0.1, 0.15) is 0 Å². The van der Waals surface area contributed by atoms with Gasteiger partial charge in [0.15, 0.2) is 0 Å². The van der Waals surface area contributed by atoms with Crippen molar-refractivity contribution in [2.24, 2.45) is 0 Å². The van der Waals surface area contributed by atoms with Gasteiger partial charge in [-0.3, -0.25) is 0 Å². The van der Waals surface area contributed by atoms with Crippen LogP contribution in [0.4, 0.5) is 16.2 Å². The Labute approximate surface area is 151 Å². The van der Waals surface area contributed by atoms with Gasteiger partial charge >= 0.3 is 6.03 Å². The van der Waals surface area contributed by atoms with Crippen molar-refractivity contribution in [1.29, 1.82) is 0 Å². The van der Waals surface area contributed by atoms with Crippen LogP contribution in [0.3, 0.4) is 0 Å². The van der Waals surface area contributed by atoms with E-state index in [9.17, 15) is 4.79 Å². The molecular weight excluding hydrogens is 314 g/mol. The fourth-order valence-electron chi connectivity index (χ4n) is 3.80. The Morgan fingerprint density at radius 2 is 2.12 bits per heavy atom. The van der Waals surface area contributed by atoms with Gasteiger partial charge in [0, 0.05) is 44.7 Å². The minimum absolute atomic E-state index is 0.0333. The van der Waals surface area contributed by atoms with E-state index in [-0.39, 0.29) is 6.03 Å². The Bertz CT molecular complexity index is 578. The molecule has 25 heavy (non-hydrogen) atoms. The van der Waals surface area contributed by atoms with Crippen LogP contribution in [0.2, 0.25) is 0 Å². The molecule has 5 nitrogen and oxygen atoms in total. The largest absolute Gasteiger partial charge is 0.378 e. The summed E-state index contributed by atoms with van der Waals surface area (Å²) in [5, 5.41) is 3.08. The first kappa shape index (κ1) is 18.1. The lowest BCUT2D eigenvalue weighted by Gasteiger charge is -2.23. The highest BCUT2D eigenvalue weighted by atomic mass is 16.5. The molecule has 2 saturated heterocycles. The monoisotopic (exact) mass is 345 g/mol. The van der Waals surface area contributed by atoms with Crippen molar-refractivity contribution in [2.75, 3.05) is 43.5 Å². The fraction of sp³-hybridized carbons (Fsp3) is 0.650. The molecule has 1 aromatic carbocycles. The second-order valence-corrected chi connectivity index (χ2v) is 7.27. The third-order valence-corrected chi connectivity index (χ3v) is 5.38. The molecule has 1 N–H and O–H groups in total. The maximum absolute atomic E-state index is 12.5. The number of hydrogen-bond acceptors (Lipinski definition) is 3. The second kappa shape index (κ2) is 8.56. The minimum atomic E-state index is -0.0333. The van der Waals surface area contributed by atoms with Crippen molar-refractivity contribution in [3.8, 4) is 0 Å². The summed E-state index contributed by atoms with van der Waals surface area (Å²) in [6.07, 6.45) is 7.28. The van der Waals surface area contributed by atoms with Crippen LogP contribution in [0.15, 0.2) is 18.2 Å². The minimum Gasteiger partial charge on any atom is -0.378 e. The van der Waals surface area contributed by atoms with Crippen molar-refractivity contribution in [2.45, 2.75) is 51.6 Å². The van der Waals surface area contributed by atoms with Crippen LogP contribution >= 0.6 is 0 Å². The van der Waals surface area contributed by atoms with Crippen molar-refractivity contribution >= 4 is 17.4 Å². The van der Waals surface area contributed by atoms with Crippen molar-refractivity contribution in [3.63, 3.8) is 0 Å². The molecule has 0 spiro atoms. The topological polar surface area (TPSA) is 44.8 Å². The molecule has 0 radical (unpaired) electrons. The molecule has 2 aliphatic rings. The average molecular weight is 345 g/mol. The van der Waals surface area contributed by atoms with Crippen LogP contribution in [0, 0.1) is 6.92 Å². The lowest BCUT2D eigenvalue weighted by molar-refractivity contribution is 0.101. The first-order valence-corrected chi connectivity index (χ1v) is 9.63. The molecular formula is C20H31N3O2. The molecule has 0 aliphatic carbocycles. The SMILES string of the molecule is Cc1c(NC(=O)N(C)CCCC2CCCO2)cccc1N1CCCC1. The third-order valence-electron chi connectivity index (χ3n) is 5.38. The first-order valence-electron chi connectivity index (χ1n) is 9.63.